The normalized spacial score (nSPS) is 10.1. The van der Waals surface area contributed by atoms with E-state index >= 15 is 0 Å². The van der Waals surface area contributed by atoms with Crippen molar-refractivity contribution in [1.29, 1.82) is 0 Å². The number of rotatable bonds is 3. The van der Waals surface area contributed by atoms with Crippen LogP contribution in [0.25, 0.3) is 0 Å². The number of methoxy groups -OCH3 is 1. The average molecular weight is 232 g/mol. The van der Waals surface area contributed by atoms with Gasteiger partial charge in [-0.1, -0.05) is 0 Å². The first-order valence-corrected chi connectivity index (χ1v) is 5.88. The summed E-state index contributed by atoms with van der Waals surface area (Å²) >= 11 is 1.53. The minimum atomic E-state index is 0.0707. The predicted octanol–water partition coefficient (Wildman–Crippen LogP) is 3.30. The lowest BCUT2D eigenvalue weighted by Crippen LogP contribution is -2.02. The Hall–Kier alpha value is -1.61. The summed E-state index contributed by atoms with van der Waals surface area (Å²) in [6.45, 7) is 1.92. The van der Waals surface area contributed by atoms with E-state index in [2.05, 4.69) is 0 Å². The van der Waals surface area contributed by atoms with Crippen molar-refractivity contribution in [2.75, 3.05) is 7.11 Å². The van der Waals surface area contributed by atoms with Crippen LogP contribution in [0.1, 0.15) is 21.5 Å². The van der Waals surface area contributed by atoms with Crippen molar-refractivity contribution in [3.05, 3.63) is 51.7 Å². The molecule has 1 aromatic carbocycles. The number of ether oxygens (including phenoxy) is 1. The quantitative estimate of drug-likeness (QED) is 0.759. The Kier molecular flexibility index (Phi) is 3.06. The van der Waals surface area contributed by atoms with Gasteiger partial charge in [0.15, 0.2) is 5.78 Å². The molecule has 0 amide bonds. The molecule has 3 heteroatoms. The summed E-state index contributed by atoms with van der Waals surface area (Å²) in [4.78, 5) is 12.1. The molecule has 2 aromatic rings. The third-order valence-electron chi connectivity index (χ3n) is 2.46. The molecule has 0 saturated carbocycles. The minimum Gasteiger partial charge on any atom is -0.497 e. The Morgan fingerprint density at radius 2 is 2.12 bits per heavy atom. The fourth-order valence-electron chi connectivity index (χ4n) is 1.57. The zero-order valence-corrected chi connectivity index (χ0v) is 10.0. The molecule has 82 valence electrons. The molecular weight excluding hydrogens is 220 g/mol. The van der Waals surface area contributed by atoms with Gasteiger partial charge in [-0.3, -0.25) is 4.79 Å². The van der Waals surface area contributed by atoms with Gasteiger partial charge in [-0.2, -0.15) is 11.3 Å². The third-order valence-corrected chi connectivity index (χ3v) is 3.14. The zero-order valence-electron chi connectivity index (χ0n) is 9.19. The van der Waals surface area contributed by atoms with Crippen molar-refractivity contribution < 1.29 is 9.53 Å². The van der Waals surface area contributed by atoms with Gasteiger partial charge in [-0.05, 0) is 42.1 Å². The maximum Gasteiger partial charge on any atom is 0.194 e. The number of ketones is 1. The molecule has 2 nitrogen and oxygen atoms in total. The second kappa shape index (κ2) is 4.49. The predicted molar refractivity (Wildman–Crippen MR) is 65.5 cm³/mol. The maximum atomic E-state index is 12.1. The number of aryl methyl sites for hydroxylation is 1. The largest absolute Gasteiger partial charge is 0.497 e. The van der Waals surface area contributed by atoms with E-state index in [1.54, 1.807) is 7.11 Å². The molecule has 1 aromatic heterocycles. The molecule has 0 unspecified atom stereocenters. The Balaban J connectivity index is 2.38. The first-order valence-electron chi connectivity index (χ1n) is 4.94. The standard InChI is InChI=1S/C13H12O2S/c1-9-7-11(15-2)3-4-12(9)13(14)10-5-6-16-8-10/h3-8H,1-2H3. The van der Waals surface area contributed by atoms with E-state index in [1.165, 1.54) is 11.3 Å². The van der Waals surface area contributed by atoms with Gasteiger partial charge in [-0.25, -0.2) is 0 Å². The Bertz CT molecular complexity index is 501. The van der Waals surface area contributed by atoms with Crippen LogP contribution < -0.4 is 4.74 Å². The monoisotopic (exact) mass is 232 g/mol. The van der Waals surface area contributed by atoms with Gasteiger partial charge in [-0.15, -0.1) is 0 Å². The SMILES string of the molecule is COc1ccc(C(=O)c2ccsc2)c(C)c1. The van der Waals surface area contributed by atoms with E-state index in [-0.39, 0.29) is 5.78 Å². The van der Waals surface area contributed by atoms with Crippen molar-refractivity contribution in [3.8, 4) is 5.75 Å². The summed E-state index contributed by atoms with van der Waals surface area (Å²) < 4.78 is 5.11. The van der Waals surface area contributed by atoms with Crippen LogP contribution >= 0.6 is 11.3 Å². The van der Waals surface area contributed by atoms with E-state index in [0.717, 1.165) is 22.4 Å². The lowest BCUT2D eigenvalue weighted by Gasteiger charge is -2.06. The topological polar surface area (TPSA) is 26.3 Å². The molecule has 0 atom stereocenters. The third kappa shape index (κ3) is 1.99. The van der Waals surface area contributed by atoms with Gasteiger partial charge < -0.3 is 4.74 Å². The number of thiophene rings is 1. The molecule has 0 aliphatic heterocycles. The molecule has 2 rings (SSSR count). The van der Waals surface area contributed by atoms with E-state index in [9.17, 15) is 4.79 Å². The van der Waals surface area contributed by atoms with Gasteiger partial charge >= 0.3 is 0 Å². The summed E-state index contributed by atoms with van der Waals surface area (Å²) in [7, 11) is 1.62. The molecule has 16 heavy (non-hydrogen) atoms. The first kappa shape index (κ1) is 10.9. The molecule has 0 aliphatic rings. The number of carbonyl (C=O) groups is 1. The van der Waals surface area contributed by atoms with Gasteiger partial charge in [0.2, 0.25) is 0 Å². The summed E-state index contributed by atoms with van der Waals surface area (Å²) in [5.41, 5.74) is 2.42. The lowest BCUT2D eigenvalue weighted by atomic mass is 10.0. The van der Waals surface area contributed by atoms with Gasteiger partial charge in [0.25, 0.3) is 0 Å². The Morgan fingerprint density at radius 1 is 1.31 bits per heavy atom. The average Bonchev–Trinajstić information content (AvgIpc) is 2.81. The van der Waals surface area contributed by atoms with Crippen LogP contribution in [0, 0.1) is 6.92 Å². The molecule has 1 heterocycles. The summed E-state index contributed by atoms with van der Waals surface area (Å²) in [5.74, 6) is 0.848. The highest BCUT2D eigenvalue weighted by atomic mass is 32.1. The number of carbonyl (C=O) groups excluding carboxylic acids is 1. The van der Waals surface area contributed by atoms with Crippen LogP contribution in [0.15, 0.2) is 35.0 Å². The number of hydrogen-bond acceptors (Lipinski definition) is 3. The number of hydrogen-bond donors (Lipinski definition) is 0. The van der Waals surface area contributed by atoms with Gasteiger partial charge in [0.05, 0.1) is 7.11 Å². The Morgan fingerprint density at radius 3 is 2.69 bits per heavy atom. The van der Waals surface area contributed by atoms with Crippen molar-refractivity contribution in [2.45, 2.75) is 6.92 Å². The van der Waals surface area contributed by atoms with E-state index < -0.39 is 0 Å². The van der Waals surface area contributed by atoms with E-state index in [4.69, 9.17) is 4.74 Å². The highest BCUT2D eigenvalue weighted by Crippen LogP contribution is 2.20. The van der Waals surface area contributed by atoms with Crippen molar-refractivity contribution in [2.24, 2.45) is 0 Å². The molecule has 0 saturated heterocycles. The highest BCUT2D eigenvalue weighted by Gasteiger charge is 2.12. The van der Waals surface area contributed by atoms with Crippen molar-refractivity contribution >= 4 is 17.1 Å². The molecule has 0 N–H and O–H groups in total. The molecule has 0 bridgehead atoms. The molecule has 0 aliphatic carbocycles. The molecule has 0 radical (unpaired) electrons. The molecule has 0 fully saturated rings. The van der Waals surface area contributed by atoms with E-state index in [1.807, 2.05) is 41.9 Å². The second-order valence-electron chi connectivity index (χ2n) is 3.52. The maximum absolute atomic E-state index is 12.1. The number of benzene rings is 1. The van der Waals surface area contributed by atoms with Crippen LogP contribution in [0.5, 0.6) is 5.75 Å². The summed E-state index contributed by atoms with van der Waals surface area (Å²) in [5, 5.41) is 3.78. The minimum absolute atomic E-state index is 0.0707. The van der Waals surface area contributed by atoms with Gasteiger partial charge in [0.1, 0.15) is 5.75 Å². The Labute approximate surface area is 98.5 Å². The summed E-state index contributed by atoms with van der Waals surface area (Å²) in [6.07, 6.45) is 0. The van der Waals surface area contributed by atoms with Gasteiger partial charge in [0, 0.05) is 16.5 Å². The highest BCUT2D eigenvalue weighted by molar-refractivity contribution is 7.08. The zero-order chi connectivity index (χ0) is 11.5. The lowest BCUT2D eigenvalue weighted by molar-refractivity contribution is 0.103. The van der Waals surface area contributed by atoms with E-state index in [0.29, 0.717) is 0 Å². The van der Waals surface area contributed by atoms with Crippen molar-refractivity contribution in [3.63, 3.8) is 0 Å². The van der Waals surface area contributed by atoms with Crippen molar-refractivity contribution in [1.82, 2.24) is 0 Å². The summed E-state index contributed by atoms with van der Waals surface area (Å²) in [6, 6.07) is 7.34. The second-order valence-corrected chi connectivity index (χ2v) is 4.30. The van der Waals surface area contributed by atoms with Crippen LogP contribution in [0.3, 0.4) is 0 Å². The van der Waals surface area contributed by atoms with Crippen LogP contribution in [-0.4, -0.2) is 12.9 Å². The molecule has 0 spiro atoms. The smallest absolute Gasteiger partial charge is 0.194 e. The fraction of sp³-hybridized carbons (Fsp3) is 0.154. The van der Waals surface area contributed by atoms with Crippen LogP contribution in [0.4, 0.5) is 0 Å². The molecular formula is C13H12O2S. The van der Waals surface area contributed by atoms with Crippen LogP contribution in [-0.2, 0) is 0 Å². The first-order chi connectivity index (χ1) is 7.72. The van der Waals surface area contributed by atoms with Crippen LogP contribution in [0.2, 0.25) is 0 Å². The fourth-order valence-corrected chi connectivity index (χ4v) is 2.20.